The number of hydrogen-bond donors (Lipinski definition) is 1. The minimum Gasteiger partial charge on any atom is -0.349 e. The van der Waals surface area contributed by atoms with Crippen molar-refractivity contribution >= 4 is 5.91 Å². The predicted octanol–water partition coefficient (Wildman–Crippen LogP) is 2.88. The first-order valence-electron chi connectivity index (χ1n) is 6.41. The van der Waals surface area contributed by atoms with Crippen LogP contribution in [0.25, 0.3) is 0 Å². The minimum absolute atomic E-state index is 0.108. The predicted molar refractivity (Wildman–Crippen MR) is 63.1 cm³/mol. The Bertz CT molecular complexity index is 448. The SMILES string of the molecule is O=C(NC(C1CC1)C1CC1)c1c(F)cccc1F. The number of carbonyl (C=O) groups is 1. The summed E-state index contributed by atoms with van der Waals surface area (Å²) in [6, 6.07) is 3.60. The van der Waals surface area contributed by atoms with Gasteiger partial charge in [0.25, 0.3) is 5.91 Å². The lowest BCUT2D eigenvalue weighted by Gasteiger charge is -2.18. The molecule has 2 fully saturated rings. The summed E-state index contributed by atoms with van der Waals surface area (Å²) >= 11 is 0. The van der Waals surface area contributed by atoms with Crippen LogP contribution in [0, 0.1) is 23.5 Å². The van der Waals surface area contributed by atoms with Gasteiger partial charge in [-0.1, -0.05) is 6.07 Å². The number of amides is 1. The molecule has 18 heavy (non-hydrogen) atoms. The fourth-order valence-electron chi connectivity index (χ4n) is 2.47. The van der Waals surface area contributed by atoms with Crippen molar-refractivity contribution in [1.82, 2.24) is 5.32 Å². The third-order valence-corrected chi connectivity index (χ3v) is 3.75. The van der Waals surface area contributed by atoms with Gasteiger partial charge in [-0.15, -0.1) is 0 Å². The van der Waals surface area contributed by atoms with Crippen LogP contribution in [-0.2, 0) is 0 Å². The zero-order valence-electron chi connectivity index (χ0n) is 9.96. The average Bonchev–Trinajstić information content (AvgIpc) is 3.17. The van der Waals surface area contributed by atoms with Crippen LogP contribution in [0.1, 0.15) is 36.0 Å². The third-order valence-electron chi connectivity index (χ3n) is 3.75. The quantitative estimate of drug-likeness (QED) is 0.876. The molecule has 2 aliphatic carbocycles. The molecule has 0 atom stereocenters. The van der Waals surface area contributed by atoms with Crippen LogP contribution in [0.4, 0.5) is 8.78 Å². The molecule has 1 aromatic rings. The molecule has 0 unspecified atom stereocenters. The summed E-state index contributed by atoms with van der Waals surface area (Å²) in [5.74, 6) is -1.18. The summed E-state index contributed by atoms with van der Waals surface area (Å²) in [6.07, 6.45) is 4.45. The largest absolute Gasteiger partial charge is 0.349 e. The summed E-state index contributed by atoms with van der Waals surface area (Å²) in [7, 11) is 0. The highest BCUT2D eigenvalue weighted by atomic mass is 19.1. The lowest BCUT2D eigenvalue weighted by Crippen LogP contribution is -2.38. The summed E-state index contributed by atoms with van der Waals surface area (Å²) < 4.78 is 27.0. The van der Waals surface area contributed by atoms with E-state index in [2.05, 4.69) is 5.32 Å². The van der Waals surface area contributed by atoms with E-state index in [1.165, 1.54) is 6.07 Å². The maximum Gasteiger partial charge on any atom is 0.257 e. The molecule has 0 spiro atoms. The third kappa shape index (κ3) is 2.24. The molecule has 0 bridgehead atoms. The lowest BCUT2D eigenvalue weighted by molar-refractivity contribution is 0.0917. The van der Waals surface area contributed by atoms with Crippen LogP contribution in [0.5, 0.6) is 0 Å². The molecule has 0 radical (unpaired) electrons. The van der Waals surface area contributed by atoms with Gasteiger partial charge in [0, 0.05) is 6.04 Å². The highest BCUT2D eigenvalue weighted by molar-refractivity contribution is 5.95. The van der Waals surface area contributed by atoms with E-state index in [0.717, 1.165) is 37.8 Å². The van der Waals surface area contributed by atoms with Crippen molar-refractivity contribution in [3.63, 3.8) is 0 Å². The Hall–Kier alpha value is -1.45. The van der Waals surface area contributed by atoms with Crippen molar-refractivity contribution in [2.75, 3.05) is 0 Å². The Labute approximate surface area is 104 Å². The Morgan fingerprint density at radius 2 is 1.61 bits per heavy atom. The summed E-state index contributed by atoms with van der Waals surface area (Å²) in [5.41, 5.74) is -0.455. The maximum atomic E-state index is 13.5. The van der Waals surface area contributed by atoms with Gasteiger partial charge in [-0.2, -0.15) is 0 Å². The highest BCUT2D eigenvalue weighted by Crippen LogP contribution is 2.44. The average molecular weight is 251 g/mol. The molecular weight excluding hydrogens is 236 g/mol. The molecule has 1 aromatic carbocycles. The van der Waals surface area contributed by atoms with Crippen molar-refractivity contribution in [2.45, 2.75) is 31.7 Å². The van der Waals surface area contributed by atoms with Crippen molar-refractivity contribution in [2.24, 2.45) is 11.8 Å². The van der Waals surface area contributed by atoms with Crippen LogP contribution in [0.3, 0.4) is 0 Å². The van der Waals surface area contributed by atoms with Gasteiger partial charge in [0.1, 0.15) is 17.2 Å². The zero-order valence-corrected chi connectivity index (χ0v) is 9.96. The second-order valence-electron chi connectivity index (χ2n) is 5.27. The van der Waals surface area contributed by atoms with Crippen LogP contribution >= 0.6 is 0 Å². The van der Waals surface area contributed by atoms with Gasteiger partial charge in [0.05, 0.1) is 0 Å². The fourth-order valence-corrected chi connectivity index (χ4v) is 2.47. The molecule has 1 amide bonds. The Morgan fingerprint density at radius 3 is 2.06 bits per heavy atom. The molecular formula is C14H15F2NO. The normalized spacial score (nSPS) is 19.1. The molecule has 0 saturated heterocycles. The molecule has 4 heteroatoms. The second-order valence-corrected chi connectivity index (χ2v) is 5.27. The molecule has 96 valence electrons. The van der Waals surface area contributed by atoms with Crippen molar-refractivity contribution in [3.8, 4) is 0 Å². The topological polar surface area (TPSA) is 29.1 Å². The number of carbonyl (C=O) groups excluding carboxylic acids is 1. The van der Waals surface area contributed by atoms with Gasteiger partial charge in [0.15, 0.2) is 0 Å². The van der Waals surface area contributed by atoms with E-state index in [1.807, 2.05) is 0 Å². The van der Waals surface area contributed by atoms with Crippen LogP contribution in [0.15, 0.2) is 18.2 Å². The van der Waals surface area contributed by atoms with Crippen LogP contribution in [-0.4, -0.2) is 11.9 Å². The van der Waals surface area contributed by atoms with Gasteiger partial charge in [-0.05, 0) is 49.7 Å². The number of benzene rings is 1. The van der Waals surface area contributed by atoms with E-state index in [4.69, 9.17) is 0 Å². The Morgan fingerprint density at radius 1 is 1.11 bits per heavy atom. The fraction of sp³-hybridized carbons (Fsp3) is 0.500. The van der Waals surface area contributed by atoms with E-state index >= 15 is 0 Å². The second kappa shape index (κ2) is 4.34. The molecule has 2 aliphatic rings. The Kier molecular flexibility index (Phi) is 2.80. The first kappa shape index (κ1) is 11.6. The van der Waals surface area contributed by atoms with Gasteiger partial charge in [-0.3, -0.25) is 4.79 Å². The van der Waals surface area contributed by atoms with E-state index in [1.54, 1.807) is 0 Å². The van der Waals surface area contributed by atoms with E-state index in [9.17, 15) is 13.6 Å². The first-order chi connectivity index (χ1) is 8.66. The van der Waals surface area contributed by atoms with Crippen LogP contribution in [0.2, 0.25) is 0 Å². The first-order valence-corrected chi connectivity index (χ1v) is 6.41. The van der Waals surface area contributed by atoms with E-state index in [-0.39, 0.29) is 6.04 Å². The van der Waals surface area contributed by atoms with Crippen LogP contribution < -0.4 is 5.32 Å². The molecule has 0 heterocycles. The molecule has 3 rings (SSSR count). The summed E-state index contributed by atoms with van der Waals surface area (Å²) in [5, 5.41) is 2.82. The summed E-state index contributed by atoms with van der Waals surface area (Å²) in [4.78, 5) is 12.0. The lowest BCUT2D eigenvalue weighted by atomic mass is 10.1. The van der Waals surface area contributed by atoms with Crippen molar-refractivity contribution < 1.29 is 13.6 Å². The van der Waals surface area contributed by atoms with Gasteiger partial charge < -0.3 is 5.32 Å². The van der Waals surface area contributed by atoms with Gasteiger partial charge >= 0.3 is 0 Å². The van der Waals surface area contributed by atoms with Crippen molar-refractivity contribution in [1.29, 1.82) is 0 Å². The monoisotopic (exact) mass is 251 g/mol. The van der Waals surface area contributed by atoms with E-state index in [0.29, 0.717) is 11.8 Å². The van der Waals surface area contributed by atoms with Crippen molar-refractivity contribution in [3.05, 3.63) is 35.4 Å². The summed E-state index contributed by atoms with van der Waals surface area (Å²) in [6.45, 7) is 0. The molecule has 2 nitrogen and oxygen atoms in total. The Balaban J connectivity index is 1.77. The molecule has 2 saturated carbocycles. The molecule has 0 aromatic heterocycles. The number of halogens is 2. The highest BCUT2D eigenvalue weighted by Gasteiger charge is 2.42. The maximum absolute atomic E-state index is 13.5. The van der Waals surface area contributed by atoms with Gasteiger partial charge in [-0.25, -0.2) is 8.78 Å². The van der Waals surface area contributed by atoms with E-state index < -0.39 is 23.1 Å². The molecule has 0 aliphatic heterocycles. The zero-order chi connectivity index (χ0) is 12.7. The number of hydrogen-bond acceptors (Lipinski definition) is 1. The smallest absolute Gasteiger partial charge is 0.257 e. The number of rotatable bonds is 4. The molecule has 1 N–H and O–H groups in total. The number of nitrogens with one attached hydrogen (secondary N) is 1. The standard InChI is InChI=1S/C14H15F2NO/c15-10-2-1-3-11(16)12(10)14(18)17-13(8-4-5-8)9-6-7-9/h1-3,8-9,13H,4-7H2,(H,17,18). The minimum atomic E-state index is -0.794. The van der Waals surface area contributed by atoms with Gasteiger partial charge in [0.2, 0.25) is 0 Å².